The van der Waals surface area contributed by atoms with Crippen LogP contribution in [0.25, 0.3) is 5.69 Å². The average molecular weight is 421 g/mol. The Kier molecular flexibility index (Phi) is 6.96. The van der Waals surface area contributed by atoms with Crippen molar-refractivity contribution in [3.63, 3.8) is 0 Å². The van der Waals surface area contributed by atoms with Crippen LogP contribution >= 0.6 is 0 Å². The van der Waals surface area contributed by atoms with E-state index in [0.29, 0.717) is 0 Å². The summed E-state index contributed by atoms with van der Waals surface area (Å²) in [4.78, 5) is 4.39. The van der Waals surface area contributed by atoms with Crippen LogP contribution in [0.15, 0.2) is 47.7 Å². The van der Waals surface area contributed by atoms with E-state index in [-0.39, 0.29) is 6.04 Å². The number of hydrogen-bond donors (Lipinski definition) is 2. The molecule has 164 valence electrons. The summed E-state index contributed by atoms with van der Waals surface area (Å²) in [5.74, 6) is 3.08. The summed E-state index contributed by atoms with van der Waals surface area (Å²) in [7, 11) is 1.81. The number of benzene rings is 1. The lowest BCUT2D eigenvalue weighted by atomic mass is 10.1. The molecule has 0 radical (unpaired) electrons. The van der Waals surface area contributed by atoms with Gasteiger partial charge in [0.15, 0.2) is 5.96 Å². The van der Waals surface area contributed by atoms with Crippen LogP contribution < -0.4 is 10.6 Å². The quantitative estimate of drug-likeness (QED) is 0.349. The first-order chi connectivity index (χ1) is 15.2. The fourth-order valence-corrected chi connectivity index (χ4v) is 4.02. The number of aryl methyl sites for hydroxylation is 2. The first-order valence-corrected chi connectivity index (χ1v) is 11.2. The van der Waals surface area contributed by atoms with E-state index in [9.17, 15) is 0 Å². The van der Waals surface area contributed by atoms with Gasteiger partial charge >= 0.3 is 0 Å². The predicted octanol–water partition coefficient (Wildman–Crippen LogP) is 3.05. The molecule has 1 unspecified atom stereocenters. The maximum absolute atomic E-state index is 4.43. The highest BCUT2D eigenvalue weighted by Gasteiger charge is 2.14. The molecular formula is C23H32N8. The zero-order valence-electron chi connectivity index (χ0n) is 18.5. The highest BCUT2D eigenvalue weighted by Crippen LogP contribution is 2.17. The molecule has 8 nitrogen and oxygen atoms in total. The second-order valence-corrected chi connectivity index (χ2v) is 8.01. The molecule has 2 aromatic heterocycles. The lowest BCUT2D eigenvalue weighted by Gasteiger charge is -2.19. The molecule has 1 aromatic carbocycles. The van der Waals surface area contributed by atoms with Gasteiger partial charge in [0.05, 0.1) is 11.7 Å². The Hall–Kier alpha value is -3.16. The topological polar surface area (TPSA) is 85.0 Å². The van der Waals surface area contributed by atoms with E-state index >= 15 is 0 Å². The molecular weight excluding hydrogens is 388 g/mol. The van der Waals surface area contributed by atoms with E-state index in [4.69, 9.17) is 0 Å². The lowest BCUT2D eigenvalue weighted by Crippen LogP contribution is -2.39. The molecule has 31 heavy (non-hydrogen) atoms. The molecule has 3 aromatic rings. The molecule has 3 heterocycles. The van der Waals surface area contributed by atoms with Crippen molar-refractivity contribution in [2.75, 3.05) is 13.6 Å². The molecule has 1 aliphatic heterocycles. The van der Waals surface area contributed by atoms with E-state index in [0.717, 1.165) is 55.6 Å². The van der Waals surface area contributed by atoms with Crippen molar-refractivity contribution in [2.45, 2.75) is 58.0 Å². The number of aromatic nitrogens is 5. The Labute approximate surface area is 183 Å². The Morgan fingerprint density at radius 2 is 2.13 bits per heavy atom. The Morgan fingerprint density at radius 1 is 1.19 bits per heavy atom. The normalized spacial score (nSPS) is 15.2. The fraction of sp³-hybridized carbons (Fsp3) is 0.478. The highest BCUT2D eigenvalue weighted by atomic mass is 15.3. The van der Waals surface area contributed by atoms with E-state index < -0.39 is 0 Å². The average Bonchev–Trinajstić information content (AvgIpc) is 3.41. The number of nitrogens with zero attached hydrogens (tertiary/aromatic N) is 6. The first-order valence-electron chi connectivity index (χ1n) is 11.2. The van der Waals surface area contributed by atoms with Gasteiger partial charge in [-0.2, -0.15) is 5.10 Å². The smallest absolute Gasteiger partial charge is 0.191 e. The van der Waals surface area contributed by atoms with Crippen molar-refractivity contribution in [3.05, 3.63) is 59.9 Å². The van der Waals surface area contributed by atoms with Crippen LogP contribution in [-0.4, -0.2) is 44.1 Å². The van der Waals surface area contributed by atoms with Gasteiger partial charge in [0.25, 0.3) is 0 Å². The molecule has 0 amide bonds. The summed E-state index contributed by atoms with van der Waals surface area (Å²) in [6.07, 6.45) is 10.5. The number of aliphatic imine (C=N–C) groups is 1. The number of fused-ring (bicyclic) bond motifs is 1. The zero-order chi connectivity index (χ0) is 21.5. The van der Waals surface area contributed by atoms with Crippen LogP contribution in [0.5, 0.6) is 0 Å². The highest BCUT2D eigenvalue weighted by molar-refractivity contribution is 5.80. The second kappa shape index (κ2) is 10.2. The van der Waals surface area contributed by atoms with E-state index in [1.807, 2.05) is 16.9 Å². The molecule has 0 aliphatic carbocycles. The second-order valence-electron chi connectivity index (χ2n) is 8.01. The molecule has 0 fully saturated rings. The van der Waals surface area contributed by atoms with Gasteiger partial charge in [-0.15, -0.1) is 10.2 Å². The monoisotopic (exact) mass is 420 g/mol. The van der Waals surface area contributed by atoms with E-state index in [1.54, 1.807) is 13.2 Å². The van der Waals surface area contributed by atoms with Gasteiger partial charge < -0.3 is 15.2 Å². The third-order valence-corrected chi connectivity index (χ3v) is 5.77. The SMILES string of the molecule is CN=C(NCCCc1nnc2n1CCCCC2)NC(C)c1cccc(-n2cccn2)c1. The van der Waals surface area contributed by atoms with Gasteiger partial charge in [-0.05, 0) is 49.9 Å². The minimum Gasteiger partial charge on any atom is -0.356 e. The van der Waals surface area contributed by atoms with Crippen molar-refractivity contribution >= 4 is 5.96 Å². The molecule has 0 saturated carbocycles. The summed E-state index contributed by atoms with van der Waals surface area (Å²) < 4.78 is 4.20. The van der Waals surface area contributed by atoms with Crippen molar-refractivity contribution in [1.29, 1.82) is 0 Å². The van der Waals surface area contributed by atoms with Crippen molar-refractivity contribution < 1.29 is 0 Å². The van der Waals surface area contributed by atoms with Crippen molar-refractivity contribution in [1.82, 2.24) is 35.2 Å². The van der Waals surface area contributed by atoms with Crippen molar-refractivity contribution in [3.8, 4) is 5.69 Å². The van der Waals surface area contributed by atoms with Crippen LogP contribution in [0.1, 0.15) is 55.9 Å². The predicted molar refractivity (Wildman–Crippen MR) is 122 cm³/mol. The minimum absolute atomic E-state index is 0.119. The van der Waals surface area contributed by atoms with Crippen LogP contribution in [0, 0.1) is 0 Å². The Morgan fingerprint density at radius 3 is 2.97 bits per heavy atom. The Balaban J connectivity index is 1.27. The maximum atomic E-state index is 4.43. The largest absolute Gasteiger partial charge is 0.356 e. The van der Waals surface area contributed by atoms with Gasteiger partial charge in [0.2, 0.25) is 0 Å². The minimum atomic E-state index is 0.119. The molecule has 4 rings (SSSR count). The molecule has 0 spiro atoms. The molecule has 1 aliphatic rings. The Bertz CT molecular complexity index is 989. The van der Waals surface area contributed by atoms with Gasteiger partial charge in [-0.25, -0.2) is 4.68 Å². The summed E-state index contributed by atoms with van der Waals surface area (Å²) in [6, 6.07) is 10.4. The van der Waals surface area contributed by atoms with Gasteiger partial charge in [-0.1, -0.05) is 18.6 Å². The summed E-state index contributed by atoms with van der Waals surface area (Å²) in [6.45, 7) is 4.03. The fourth-order valence-electron chi connectivity index (χ4n) is 4.02. The third kappa shape index (κ3) is 5.31. The molecule has 2 N–H and O–H groups in total. The zero-order valence-corrected chi connectivity index (χ0v) is 18.5. The molecule has 0 bridgehead atoms. The first kappa shape index (κ1) is 21.1. The number of rotatable bonds is 7. The van der Waals surface area contributed by atoms with Crippen LogP contribution in [0.2, 0.25) is 0 Å². The summed E-state index contributed by atoms with van der Waals surface area (Å²) in [5, 5.41) is 20.1. The summed E-state index contributed by atoms with van der Waals surface area (Å²) in [5.41, 5.74) is 2.23. The number of hydrogen-bond acceptors (Lipinski definition) is 4. The maximum Gasteiger partial charge on any atom is 0.191 e. The van der Waals surface area contributed by atoms with Crippen LogP contribution in [0.3, 0.4) is 0 Å². The number of nitrogens with one attached hydrogen (secondary N) is 2. The van der Waals surface area contributed by atoms with Gasteiger partial charge in [0.1, 0.15) is 11.6 Å². The molecule has 0 saturated heterocycles. The lowest BCUT2D eigenvalue weighted by molar-refractivity contribution is 0.592. The standard InChI is InChI=1S/C23H32N8/c1-18(19-9-6-10-20(17-19)31-16-8-14-26-31)27-23(24-2)25-13-7-12-22-29-28-21-11-4-3-5-15-30(21)22/h6,8-10,14,16-18H,3-5,7,11-13,15H2,1-2H3,(H2,24,25,27). The van der Waals surface area contributed by atoms with Crippen molar-refractivity contribution in [2.24, 2.45) is 4.99 Å². The number of guanidine groups is 1. The molecule has 1 atom stereocenters. The molecule has 8 heteroatoms. The van der Waals surface area contributed by atoms with Crippen LogP contribution in [0.4, 0.5) is 0 Å². The van der Waals surface area contributed by atoms with E-state index in [1.165, 1.54) is 24.8 Å². The van der Waals surface area contributed by atoms with Gasteiger partial charge in [0, 0.05) is 45.4 Å². The van der Waals surface area contributed by atoms with Crippen LogP contribution in [-0.2, 0) is 19.4 Å². The third-order valence-electron chi connectivity index (χ3n) is 5.77. The van der Waals surface area contributed by atoms with Gasteiger partial charge in [-0.3, -0.25) is 4.99 Å². The summed E-state index contributed by atoms with van der Waals surface area (Å²) >= 11 is 0. The van der Waals surface area contributed by atoms with E-state index in [2.05, 4.69) is 66.7 Å².